The highest BCUT2D eigenvalue weighted by atomic mass is 35.5. The molecule has 1 rings (SSSR count). The maximum absolute atomic E-state index is 6.08. The smallest absolute Gasteiger partial charge is 0.0588 e. The molecule has 2 atom stereocenters. The van der Waals surface area contributed by atoms with E-state index in [0.717, 1.165) is 32.5 Å². The van der Waals surface area contributed by atoms with E-state index in [9.17, 15) is 0 Å². The monoisotopic (exact) mass is 219 g/mol. The molecular weight excluding hydrogens is 198 g/mol. The zero-order valence-electron chi connectivity index (χ0n) is 9.10. The van der Waals surface area contributed by atoms with Crippen molar-refractivity contribution in [3.63, 3.8) is 0 Å². The molecule has 1 saturated heterocycles. The molecule has 1 heterocycles. The molecule has 0 bridgehead atoms. The normalized spacial score (nSPS) is 24.0. The molecule has 0 saturated carbocycles. The van der Waals surface area contributed by atoms with E-state index in [4.69, 9.17) is 16.3 Å². The molecule has 1 aliphatic rings. The lowest BCUT2D eigenvalue weighted by molar-refractivity contribution is 0.104. The zero-order chi connectivity index (χ0) is 10.2. The Morgan fingerprint density at radius 1 is 1.57 bits per heavy atom. The highest BCUT2D eigenvalue weighted by molar-refractivity contribution is 6.20. The Morgan fingerprint density at radius 2 is 2.43 bits per heavy atom. The lowest BCUT2D eigenvalue weighted by atomic mass is 10.2. The summed E-state index contributed by atoms with van der Waals surface area (Å²) < 4.78 is 5.53. The second-order valence-electron chi connectivity index (χ2n) is 4.01. The first-order chi connectivity index (χ1) is 6.83. The summed E-state index contributed by atoms with van der Waals surface area (Å²) in [6.07, 6.45) is 6.38. The first-order valence-electron chi connectivity index (χ1n) is 5.79. The van der Waals surface area contributed by atoms with Crippen molar-refractivity contribution in [2.75, 3.05) is 19.7 Å². The highest BCUT2D eigenvalue weighted by Crippen LogP contribution is 2.14. The lowest BCUT2D eigenvalue weighted by Crippen LogP contribution is -2.26. The van der Waals surface area contributed by atoms with Gasteiger partial charge in [0, 0.05) is 18.5 Å². The highest BCUT2D eigenvalue weighted by Gasteiger charge is 2.14. The van der Waals surface area contributed by atoms with E-state index in [-0.39, 0.29) is 0 Å². The number of rotatable bonds is 7. The average Bonchev–Trinajstić information content (AvgIpc) is 2.65. The van der Waals surface area contributed by atoms with Crippen molar-refractivity contribution in [1.82, 2.24) is 5.32 Å². The van der Waals surface area contributed by atoms with Crippen molar-refractivity contribution < 1.29 is 4.74 Å². The largest absolute Gasteiger partial charge is 0.378 e. The molecule has 0 aliphatic carbocycles. The van der Waals surface area contributed by atoms with Gasteiger partial charge in [-0.1, -0.05) is 13.3 Å². The SMILES string of the molecule is CCCC(Cl)CNCCC1CCCO1. The van der Waals surface area contributed by atoms with E-state index in [1.807, 2.05) is 0 Å². The molecule has 14 heavy (non-hydrogen) atoms. The first-order valence-corrected chi connectivity index (χ1v) is 6.23. The van der Waals surface area contributed by atoms with Crippen molar-refractivity contribution >= 4 is 11.6 Å². The standard InChI is InChI=1S/C11H22ClNO/c1-2-4-10(12)9-13-7-6-11-5-3-8-14-11/h10-11,13H,2-9H2,1H3. The van der Waals surface area contributed by atoms with Gasteiger partial charge in [0.05, 0.1) is 6.10 Å². The van der Waals surface area contributed by atoms with Crippen LogP contribution in [-0.2, 0) is 4.74 Å². The Hall–Kier alpha value is 0.210. The number of alkyl halides is 1. The molecule has 0 amide bonds. The molecular formula is C11H22ClNO. The molecule has 0 aromatic heterocycles. The summed E-state index contributed by atoms with van der Waals surface area (Å²) >= 11 is 6.08. The van der Waals surface area contributed by atoms with Gasteiger partial charge in [-0.05, 0) is 32.2 Å². The van der Waals surface area contributed by atoms with E-state index in [2.05, 4.69) is 12.2 Å². The van der Waals surface area contributed by atoms with Crippen LogP contribution in [0.2, 0.25) is 0 Å². The molecule has 0 aromatic carbocycles. The van der Waals surface area contributed by atoms with E-state index in [1.54, 1.807) is 0 Å². The first kappa shape index (κ1) is 12.3. The van der Waals surface area contributed by atoms with Crippen LogP contribution in [0.3, 0.4) is 0 Å². The van der Waals surface area contributed by atoms with Gasteiger partial charge in [-0.3, -0.25) is 0 Å². The van der Waals surface area contributed by atoms with E-state index < -0.39 is 0 Å². The topological polar surface area (TPSA) is 21.3 Å². The fourth-order valence-electron chi connectivity index (χ4n) is 1.81. The Morgan fingerprint density at radius 3 is 3.07 bits per heavy atom. The molecule has 1 fully saturated rings. The molecule has 0 aromatic rings. The minimum absolute atomic E-state index is 0.296. The van der Waals surface area contributed by atoms with Crippen molar-refractivity contribution in [1.29, 1.82) is 0 Å². The van der Waals surface area contributed by atoms with Gasteiger partial charge in [-0.15, -0.1) is 11.6 Å². The maximum atomic E-state index is 6.08. The minimum atomic E-state index is 0.296. The maximum Gasteiger partial charge on any atom is 0.0588 e. The van der Waals surface area contributed by atoms with E-state index >= 15 is 0 Å². The van der Waals surface area contributed by atoms with Crippen molar-refractivity contribution in [2.24, 2.45) is 0 Å². The van der Waals surface area contributed by atoms with E-state index in [0.29, 0.717) is 11.5 Å². The van der Waals surface area contributed by atoms with Crippen LogP contribution in [0.25, 0.3) is 0 Å². The number of nitrogens with one attached hydrogen (secondary N) is 1. The van der Waals surface area contributed by atoms with Gasteiger partial charge in [-0.25, -0.2) is 0 Å². The third-order valence-corrected chi connectivity index (χ3v) is 3.01. The molecule has 1 aliphatic heterocycles. The third-order valence-electron chi connectivity index (χ3n) is 2.63. The van der Waals surface area contributed by atoms with Crippen molar-refractivity contribution in [3.8, 4) is 0 Å². The number of ether oxygens (including phenoxy) is 1. The number of hydrogen-bond acceptors (Lipinski definition) is 2. The second kappa shape index (κ2) is 7.49. The fraction of sp³-hybridized carbons (Fsp3) is 1.00. The molecule has 84 valence electrons. The molecule has 2 nitrogen and oxygen atoms in total. The summed E-state index contributed by atoms with van der Waals surface area (Å²) in [6.45, 7) is 5.10. The Balaban J connectivity index is 1.88. The summed E-state index contributed by atoms with van der Waals surface area (Å²) in [5.74, 6) is 0. The molecule has 2 unspecified atom stereocenters. The van der Waals surface area contributed by atoms with Crippen LogP contribution >= 0.6 is 11.6 Å². The number of halogens is 1. The summed E-state index contributed by atoms with van der Waals surface area (Å²) in [5, 5.41) is 3.68. The van der Waals surface area contributed by atoms with Crippen LogP contribution in [0.5, 0.6) is 0 Å². The van der Waals surface area contributed by atoms with Gasteiger partial charge in [0.25, 0.3) is 0 Å². The average molecular weight is 220 g/mol. The van der Waals surface area contributed by atoms with Crippen LogP contribution in [0.15, 0.2) is 0 Å². The van der Waals surface area contributed by atoms with Gasteiger partial charge in [-0.2, -0.15) is 0 Å². The van der Waals surface area contributed by atoms with Gasteiger partial charge < -0.3 is 10.1 Å². The molecule has 0 radical (unpaired) electrons. The quantitative estimate of drug-likeness (QED) is 0.525. The number of hydrogen-bond donors (Lipinski definition) is 1. The second-order valence-corrected chi connectivity index (χ2v) is 4.63. The van der Waals surface area contributed by atoms with Gasteiger partial charge >= 0.3 is 0 Å². The predicted octanol–water partition coefficient (Wildman–Crippen LogP) is 2.55. The summed E-state index contributed by atoms with van der Waals surface area (Å²) in [5.41, 5.74) is 0. The van der Waals surface area contributed by atoms with Gasteiger partial charge in [0.1, 0.15) is 0 Å². The lowest BCUT2D eigenvalue weighted by Gasteiger charge is -2.12. The summed E-state index contributed by atoms with van der Waals surface area (Å²) in [6, 6.07) is 0. The van der Waals surface area contributed by atoms with Gasteiger partial charge in [0.15, 0.2) is 0 Å². The van der Waals surface area contributed by atoms with Crippen LogP contribution in [0.4, 0.5) is 0 Å². The predicted molar refractivity (Wildman–Crippen MR) is 61.0 cm³/mol. The molecule has 3 heteroatoms. The summed E-state index contributed by atoms with van der Waals surface area (Å²) in [7, 11) is 0. The van der Waals surface area contributed by atoms with Crippen molar-refractivity contribution in [3.05, 3.63) is 0 Å². The van der Waals surface area contributed by atoms with Crippen LogP contribution in [0.1, 0.15) is 39.0 Å². The van der Waals surface area contributed by atoms with Crippen molar-refractivity contribution in [2.45, 2.75) is 50.5 Å². The molecule has 0 spiro atoms. The Kier molecular flexibility index (Phi) is 6.57. The Labute approximate surface area is 92.3 Å². The van der Waals surface area contributed by atoms with Crippen LogP contribution < -0.4 is 5.32 Å². The summed E-state index contributed by atoms with van der Waals surface area (Å²) in [4.78, 5) is 0. The van der Waals surface area contributed by atoms with Gasteiger partial charge in [0.2, 0.25) is 0 Å². The van der Waals surface area contributed by atoms with Crippen LogP contribution in [0, 0.1) is 0 Å². The van der Waals surface area contributed by atoms with E-state index in [1.165, 1.54) is 19.3 Å². The minimum Gasteiger partial charge on any atom is -0.378 e. The Bertz CT molecular complexity index is 137. The van der Waals surface area contributed by atoms with Crippen LogP contribution in [-0.4, -0.2) is 31.2 Å². The third kappa shape index (κ3) is 5.18. The molecule has 1 N–H and O–H groups in total. The zero-order valence-corrected chi connectivity index (χ0v) is 9.85. The fourth-order valence-corrected chi connectivity index (χ4v) is 2.14.